The SMILES string of the molecule is CNS(=O)(=O)/C=C/Cc1cnc[nH]1. The standard InChI is InChI=1S/C7H11N3O2S/c1-8-13(11,12)4-2-3-7-5-9-6-10-7/h2,4-6,8H,3H2,1H3,(H,9,10)/b4-2+. The van der Waals surface area contributed by atoms with Gasteiger partial charge in [-0.3, -0.25) is 0 Å². The van der Waals surface area contributed by atoms with E-state index in [1.807, 2.05) is 0 Å². The molecule has 5 nitrogen and oxygen atoms in total. The molecular formula is C7H11N3O2S. The molecule has 0 aromatic carbocycles. The molecule has 0 saturated carbocycles. The van der Waals surface area contributed by atoms with Crippen LogP contribution < -0.4 is 4.72 Å². The van der Waals surface area contributed by atoms with Crippen LogP contribution in [0.5, 0.6) is 0 Å². The number of sulfonamides is 1. The molecule has 0 aliphatic carbocycles. The van der Waals surface area contributed by atoms with Crippen molar-refractivity contribution in [2.75, 3.05) is 7.05 Å². The van der Waals surface area contributed by atoms with E-state index in [2.05, 4.69) is 14.7 Å². The Bertz CT molecular complexity index is 366. The molecule has 1 heterocycles. The highest BCUT2D eigenvalue weighted by atomic mass is 32.2. The van der Waals surface area contributed by atoms with Crippen molar-refractivity contribution in [3.63, 3.8) is 0 Å². The third-order valence-electron chi connectivity index (χ3n) is 1.45. The van der Waals surface area contributed by atoms with E-state index >= 15 is 0 Å². The number of allylic oxidation sites excluding steroid dienone is 1. The number of hydrogen-bond donors (Lipinski definition) is 2. The molecular weight excluding hydrogens is 190 g/mol. The summed E-state index contributed by atoms with van der Waals surface area (Å²) in [5.41, 5.74) is 0.877. The predicted molar refractivity (Wildman–Crippen MR) is 49.4 cm³/mol. The Morgan fingerprint density at radius 3 is 3.00 bits per heavy atom. The van der Waals surface area contributed by atoms with Crippen molar-refractivity contribution in [2.45, 2.75) is 6.42 Å². The van der Waals surface area contributed by atoms with Crippen LogP contribution in [0.1, 0.15) is 5.69 Å². The van der Waals surface area contributed by atoms with Gasteiger partial charge < -0.3 is 4.98 Å². The molecule has 6 heteroatoms. The first-order valence-electron chi connectivity index (χ1n) is 3.71. The molecule has 0 radical (unpaired) electrons. The van der Waals surface area contributed by atoms with Gasteiger partial charge in [0.05, 0.1) is 6.33 Å². The molecule has 0 spiro atoms. The Labute approximate surface area is 76.9 Å². The van der Waals surface area contributed by atoms with Gasteiger partial charge in [0, 0.05) is 23.7 Å². The monoisotopic (exact) mass is 201 g/mol. The minimum absolute atomic E-state index is 0.529. The molecule has 1 aromatic heterocycles. The zero-order valence-corrected chi connectivity index (χ0v) is 8.00. The maximum Gasteiger partial charge on any atom is 0.233 e. The lowest BCUT2D eigenvalue weighted by atomic mass is 10.3. The minimum Gasteiger partial charge on any atom is -0.348 e. The number of aromatic nitrogens is 2. The maximum absolute atomic E-state index is 10.9. The number of H-pyrrole nitrogens is 1. The van der Waals surface area contributed by atoms with Crippen LogP contribution in [-0.4, -0.2) is 25.4 Å². The first kappa shape index (κ1) is 9.94. The van der Waals surface area contributed by atoms with Gasteiger partial charge in [0.2, 0.25) is 10.0 Å². The number of aromatic amines is 1. The van der Waals surface area contributed by atoms with Crippen LogP contribution in [0.4, 0.5) is 0 Å². The first-order valence-corrected chi connectivity index (χ1v) is 5.26. The molecule has 0 bridgehead atoms. The lowest BCUT2D eigenvalue weighted by Gasteiger charge is -1.92. The molecule has 0 aliphatic rings. The van der Waals surface area contributed by atoms with Crippen molar-refractivity contribution < 1.29 is 8.42 Å². The van der Waals surface area contributed by atoms with Crippen LogP contribution in [0.3, 0.4) is 0 Å². The highest BCUT2D eigenvalue weighted by Gasteiger charge is 1.98. The van der Waals surface area contributed by atoms with Gasteiger partial charge in [0.1, 0.15) is 0 Å². The Morgan fingerprint density at radius 2 is 2.46 bits per heavy atom. The second kappa shape index (κ2) is 4.20. The summed E-state index contributed by atoms with van der Waals surface area (Å²) in [4.78, 5) is 6.67. The largest absolute Gasteiger partial charge is 0.348 e. The summed E-state index contributed by atoms with van der Waals surface area (Å²) in [6.45, 7) is 0. The first-order chi connectivity index (χ1) is 6.14. The quantitative estimate of drug-likeness (QED) is 0.721. The van der Waals surface area contributed by atoms with Crippen LogP contribution in [-0.2, 0) is 16.4 Å². The van der Waals surface area contributed by atoms with E-state index in [0.717, 1.165) is 11.1 Å². The number of hydrogen-bond acceptors (Lipinski definition) is 3. The summed E-state index contributed by atoms with van der Waals surface area (Å²) in [5.74, 6) is 0. The lowest BCUT2D eigenvalue weighted by molar-refractivity contribution is 0.597. The molecule has 0 unspecified atom stereocenters. The summed E-state index contributed by atoms with van der Waals surface area (Å²) >= 11 is 0. The maximum atomic E-state index is 10.9. The van der Waals surface area contributed by atoms with E-state index in [9.17, 15) is 8.42 Å². The number of imidazole rings is 1. The molecule has 72 valence electrons. The molecule has 1 rings (SSSR count). The van der Waals surface area contributed by atoms with Gasteiger partial charge in [-0.2, -0.15) is 0 Å². The summed E-state index contributed by atoms with van der Waals surface area (Å²) in [6.07, 6.45) is 5.28. The molecule has 0 atom stereocenters. The third kappa shape index (κ3) is 3.39. The van der Waals surface area contributed by atoms with E-state index in [1.165, 1.54) is 7.05 Å². The number of nitrogens with zero attached hydrogens (tertiary/aromatic N) is 1. The van der Waals surface area contributed by atoms with Gasteiger partial charge in [0.15, 0.2) is 0 Å². The Kier molecular flexibility index (Phi) is 3.21. The van der Waals surface area contributed by atoms with Crippen molar-refractivity contribution >= 4 is 10.0 Å². The molecule has 0 aliphatic heterocycles. The van der Waals surface area contributed by atoms with E-state index in [0.29, 0.717) is 6.42 Å². The molecule has 0 amide bonds. The second-order valence-corrected chi connectivity index (χ2v) is 4.17. The summed E-state index contributed by atoms with van der Waals surface area (Å²) in [5, 5.41) is 1.13. The molecule has 13 heavy (non-hydrogen) atoms. The van der Waals surface area contributed by atoms with E-state index in [4.69, 9.17) is 0 Å². The highest BCUT2D eigenvalue weighted by Crippen LogP contribution is 1.95. The minimum atomic E-state index is -3.24. The predicted octanol–water partition coefficient (Wildman–Crippen LogP) is 0.0151. The smallest absolute Gasteiger partial charge is 0.233 e. The summed E-state index contributed by atoms with van der Waals surface area (Å²) in [7, 11) is -1.87. The number of nitrogens with one attached hydrogen (secondary N) is 2. The van der Waals surface area contributed by atoms with Crippen LogP contribution in [0.25, 0.3) is 0 Å². The molecule has 1 aromatic rings. The van der Waals surface area contributed by atoms with Crippen molar-refractivity contribution in [1.82, 2.24) is 14.7 Å². The topological polar surface area (TPSA) is 74.8 Å². The van der Waals surface area contributed by atoms with Crippen LogP contribution in [0, 0.1) is 0 Å². The molecule has 0 fully saturated rings. The van der Waals surface area contributed by atoms with Gasteiger partial charge in [-0.15, -0.1) is 0 Å². The second-order valence-electron chi connectivity index (χ2n) is 2.40. The van der Waals surface area contributed by atoms with Gasteiger partial charge in [-0.05, 0) is 7.05 Å². The van der Waals surface area contributed by atoms with Crippen molar-refractivity contribution in [3.05, 3.63) is 29.7 Å². The van der Waals surface area contributed by atoms with E-state index in [1.54, 1.807) is 18.6 Å². The zero-order valence-electron chi connectivity index (χ0n) is 7.19. The number of rotatable bonds is 4. The highest BCUT2D eigenvalue weighted by molar-refractivity contribution is 7.92. The fourth-order valence-corrected chi connectivity index (χ4v) is 1.25. The Morgan fingerprint density at radius 1 is 1.69 bits per heavy atom. The average molecular weight is 201 g/mol. The average Bonchev–Trinajstić information content (AvgIpc) is 2.57. The Balaban J connectivity index is 2.52. The van der Waals surface area contributed by atoms with Crippen molar-refractivity contribution in [2.24, 2.45) is 0 Å². The molecule has 0 saturated heterocycles. The van der Waals surface area contributed by atoms with Crippen molar-refractivity contribution in [3.8, 4) is 0 Å². The summed E-state index contributed by atoms with van der Waals surface area (Å²) in [6, 6.07) is 0. The van der Waals surface area contributed by atoms with E-state index in [-0.39, 0.29) is 0 Å². The fourth-order valence-electron chi connectivity index (χ4n) is 0.766. The van der Waals surface area contributed by atoms with Crippen LogP contribution in [0.2, 0.25) is 0 Å². The van der Waals surface area contributed by atoms with Crippen molar-refractivity contribution in [1.29, 1.82) is 0 Å². The van der Waals surface area contributed by atoms with Gasteiger partial charge >= 0.3 is 0 Å². The van der Waals surface area contributed by atoms with Crippen LogP contribution >= 0.6 is 0 Å². The van der Waals surface area contributed by atoms with E-state index < -0.39 is 10.0 Å². The summed E-state index contributed by atoms with van der Waals surface area (Å²) < 4.78 is 24.0. The van der Waals surface area contributed by atoms with Gasteiger partial charge in [-0.25, -0.2) is 18.1 Å². The fraction of sp³-hybridized carbons (Fsp3) is 0.286. The van der Waals surface area contributed by atoms with Gasteiger partial charge in [0.25, 0.3) is 0 Å². The Hall–Kier alpha value is -1.14. The van der Waals surface area contributed by atoms with Gasteiger partial charge in [-0.1, -0.05) is 6.08 Å². The normalized spacial score (nSPS) is 12.4. The third-order valence-corrected chi connectivity index (χ3v) is 2.57. The molecule has 2 N–H and O–H groups in total. The van der Waals surface area contributed by atoms with Crippen LogP contribution in [0.15, 0.2) is 24.0 Å². The zero-order chi connectivity index (χ0) is 9.73. The lowest BCUT2D eigenvalue weighted by Crippen LogP contribution is -2.14.